The predicted octanol–water partition coefficient (Wildman–Crippen LogP) is 30.4. The normalized spacial score (nSPS) is 10.3. The zero-order valence-electron chi connectivity index (χ0n) is 62.3. The van der Waals surface area contributed by atoms with Crippen LogP contribution >= 0.6 is 0 Å². The van der Waals surface area contributed by atoms with Crippen molar-refractivity contribution in [1.82, 2.24) is 0 Å². The van der Waals surface area contributed by atoms with E-state index < -0.39 is 0 Å². The Morgan fingerprint density at radius 2 is 0.393 bits per heavy atom. The van der Waals surface area contributed by atoms with E-state index >= 15 is 0 Å². The van der Waals surface area contributed by atoms with E-state index in [0.717, 1.165) is 56.9 Å². The van der Waals surface area contributed by atoms with Crippen molar-refractivity contribution < 1.29 is 0 Å². The number of rotatable bonds is 15. The fourth-order valence-electron chi connectivity index (χ4n) is 13.3. The first-order valence-corrected chi connectivity index (χ1v) is 37.8. The summed E-state index contributed by atoms with van der Waals surface area (Å²) in [6, 6.07) is 174. The van der Waals surface area contributed by atoms with Crippen LogP contribution in [0, 0.1) is 0 Å². The van der Waals surface area contributed by atoms with E-state index in [-0.39, 0.29) is 0 Å². The Bertz CT molecular complexity index is 5720. The molecule has 0 heterocycles. The van der Waals surface area contributed by atoms with Crippen LogP contribution in [-0.4, -0.2) is 0 Å². The Balaban J connectivity index is 0.000000113. The number of hydrogen-bond acceptors (Lipinski definition) is 6. The monoisotopic (exact) mass is 1440 g/mol. The highest BCUT2D eigenvalue weighted by Crippen LogP contribution is 2.40. The predicted molar refractivity (Wildman–Crippen MR) is 482 cm³/mol. The Morgan fingerprint density at radius 1 is 0.134 bits per heavy atom. The van der Waals surface area contributed by atoms with Crippen LogP contribution in [0.2, 0.25) is 0 Å². The third kappa shape index (κ3) is 20.4. The van der Waals surface area contributed by atoms with Gasteiger partial charge in [-0.25, -0.2) is 0 Å². The van der Waals surface area contributed by atoms with Crippen LogP contribution in [0.1, 0.15) is 0 Å². The SMILES string of the molecule is c1ccc(N(c2ccccc2)c2ccc3ccccc3c2)cc1.c1ccc(N(c2ccccc2)c2cccc3ccccc23)cc1.c1ccc(N(c2ccccc2)c2ccccc2)cc1.c1ccc(Nc2ccc3ccccc3c2)cc1.c1ccc(Nc2cccc3ccccc23)cc1.c1ccc(Nc2ccccc2)cc1. The summed E-state index contributed by atoms with van der Waals surface area (Å²) in [7, 11) is 0. The molecule has 0 unspecified atom stereocenters. The van der Waals surface area contributed by atoms with Gasteiger partial charge in [-0.1, -0.05) is 334 Å². The van der Waals surface area contributed by atoms with Gasteiger partial charge in [0.25, 0.3) is 0 Å². The summed E-state index contributed by atoms with van der Waals surface area (Å²) in [5.74, 6) is 0. The van der Waals surface area contributed by atoms with E-state index in [0.29, 0.717) is 0 Å². The fraction of sp³-hybridized carbons (Fsp3) is 0. The van der Waals surface area contributed by atoms with Gasteiger partial charge >= 0.3 is 0 Å². The summed E-state index contributed by atoms with van der Waals surface area (Å²) in [5.41, 5.74) is 17.2. The molecule has 112 heavy (non-hydrogen) atoms. The first-order chi connectivity index (χ1) is 55.6. The molecule has 0 saturated heterocycles. The Hall–Kier alpha value is -15.0. The first kappa shape index (κ1) is 73.9. The third-order valence-electron chi connectivity index (χ3n) is 18.6. The molecule has 0 aliphatic heterocycles. The van der Waals surface area contributed by atoms with Crippen molar-refractivity contribution in [2.45, 2.75) is 0 Å². The fourth-order valence-corrected chi connectivity index (χ4v) is 13.3. The molecule has 0 bridgehead atoms. The summed E-state index contributed by atoms with van der Waals surface area (Å²) >= 11 is 0. The van der Waals surface area contributed by atoms with Crippen LogP contribution in [-0.2, 0) is 0 Å². The second-order valence-corrected chi connectivity index (χ2v) is 26.3. The van der Waals surface area contributed by atoms with Crippen molar-refractivity contribution in [1.29, 1.82) is 0 Å². The number of nitrogens with one attached hydrogen (secondary N) is 3. The lowest BCUT2D eigenvalue weighted by Gasteiger charge is -2.26. The number of benzene rings is 19. The van der Waals surface area contributed by atoms with Crippen LogP contribution in [0.4, 0.5) is 85.3 Å². The van der Waals surface area contributed by atoms with E-state index in [1.165, 1.54) is 71.5 Å². The van der Waals surface area contributed by atoms with E-state index in [1.54, 1.807) is 0 Å². The Kier molecular flexibility index (Phi) is 25.8. The molecule has 0 atom stereocenters. The van der Waals surface area contributed by atoms with Gasteiger partial charge in [0.05, 0.1) is 5.69 Å². The maximum Gasteiger partial charge on any atom is 0.0540 e. The molecule has 0 radical (unpaired) electrons. The summed E-state index contributed by atoms with van der Waals surface area (Å²) < 4.78 is 0. The molecule has 19 aromatic carbocycles. The lowest BCUT2D eigenvalue weighted by molar-refractivity contribution is 1.28. The molecular weight excluding hydrogens is 1360 g/mol. The quantitative estimate of drug-likeness (QED) is 0.0951. The van der Waals surface area contributed by atoms with Gasteiger partial charge in [0.1, 0.15) is 0 Å². The van der Waals surface area contributed by atoms with Crippen molar-refractivity contribution in [2.75, 3.05) is 30.7 Å². The highest BCUT2D eigenvalue weighted by Gasteiger charge is 2.16. The summed E-state index contributed by atoms with van der Waals surface area (Å²) in [6.07, 6.45) is 0. The molecule has 0 spiro atoms. The molecule has 0 aromatic heterocycles. The summed E-state index contributed by atoms with van der Waals surface area (Å²) in [6.45, 7) is 0. The lowest BCUT2D eigenvalue weighted by atomic mass is 10.1. The second kappa shape index (κ2) is 39.0. The third-order valence-corrected chi connectivity index (χ3v) is 18.6. The minimum Gasteiger partial charge on any atom is -0.356 e. The van der Waals surface area contributed by atoms with Gasteiger partial charge in [0.2, 0.25) is 0 Å². The van der Waals surface area contributed by atoms with E-state index in [2.05, 4.69) is 407 Å². The van der Waals surface area contributed by atoms with Crippen molar-refractivity contribution in [3.05, 3.63) is 504 Å². The van der Waals surface area contributed by atoms with E-state index in [4.69, 9.17) is 0 Å². The average molecular weight is 1440 g/mol. The molecule has 6 nitrogen and oxygen atoms in total. The van der Waals surface area contributed by atoms with Crippen molar-refractivity contribution in [2.24, 2.45) is 0 Å². The van der Waals surface area contributed by atoms with Crippen LogP contribution < -0.4 is 30.7 Å². The van der Waals surface area contributed by atoms with Crippen LogP contribution in [0.5, 0.6) is 0 Å². The molecule has 6 heteroatoms. The highest BCUT2D eigenvalue weighted by molar-refractivity contribution is 5.99. The summed E-state index contributed by atoms with van der Waals surface area (Å²) in [5, 5.41) is 20.2. The van der Waals surface area contributed by atoms with E-state index in [1.807, 2.05) is 127 Å². The van der Waals surface area contributed by atoms with Crippen molar-refractivity contribution in [3.8, 4) is 0 Å². The number of hydrogen-bond donors (Lipinski definition) is 3. The van der Waals surface area contributed by atoms with Crippen molar-refractivity contribution in [3.63, 3.8) is 0 Å². The smallest absolute Gasteiger partial charge is 0.0540 e. The second-order valence-electron chi connectivity index (χ2n) is 26.3. The largest absolute Gasteiger partial charge is 0.356 e. The van der Waals surface area contributed by atoms with Gasteiger partial charge in [-0.3, -0.25) is 0 Å². The number of nitrogens with zero attached hydrogens (tertiary/aromatic N) is 3. The molecule has 0 aliphatic carbocycles. The van der Waals surface area contributed by atoms with Gasteiger partial charge < -0.3 is 30.7 Å². The maximum absolute atomic E-state index is 3.45. The molecule has 3 N–H and O–H groups in total. The Labute approximate surface area is 658 Å². The van der Waals surface area contributed by atoms with Gasteiger partial charge in [-0.2, -0.15) is 0 Å². The van der Waals surface area contributed by atoms with E-state index in [9.17, 15) is 0 Å². The molecule has 0 aliphatic rings. The molecular formula is C106H86N6. The van der Waals surface area contributed by atoms with Crippen molar-refractivity contribution >= 4 is 128 Å². The number of anilines is 15. The van der Waals surface area contributed by atoms with Gasteiger partial charge in [-0.05, 0) is 202 Å². The van der Waals surface area contributed by atoms with Crippen LogP contribution in [0.3, 0.4) is 0 Å². The maximum atomic E-state index is 3.45. The van der Waals surface area contributed by atoms with Crippen LogP contribution in [0.25, 0.3) is 43.1 Å². The standard InChI is InChI=1S/2C22H17N.C18H15N.2C16H13N.C12H11N/c1-3-12-19(13-4-1)23(20-14-5-2-6-15-20)22-17-9-11-18-10-7-8-16-21(18)22;1-3-11-20(12-4-1)23(21-13-5-2-6-14-21)22-16-15-18-9-7-8-10-19(18)17-22;1-4-10-16(11-5-1)19(17-12-6-2-7-13-17)18-14-8-3-9-15-18;1-2-9-14(10-3-1)17-16-12-6-8-13-7-4-5-11-15(13)16;1-2-8-15(9-3-1)17-16-11-10-13-6-4-5-7-14(13)12-16;1-3-7-11(8-4-1)13-12-9-5-2-6-10-12/h2*1-17H;1-15H;2*1-12,17H;1-10,13H. The zero-order valence-corrected chi connectivity index (χ0v) is 62.3. The molecule has 19 rings (SSSR count). The minimum absolute atomic E-state index is 1.11. The molecule has 540 valence electrons. The first-order valence-electron chi connectivity index (χ1n) is 37.8. The molecule has 0 saturated carbocycles. The van der Waals surface area contributed by atoms with Gasteiger partial charge in [0, 0.05) is 90.4 Å². The molecule has 19 aromatic rings. The summed E-state index contributed by atoms with van der Waals surface area (Å²) in [4.78, 5) is 6.84. The molecule has 0 amide bonds. The van der Waals surface area contributed by atoms with Crippen LogP contribution in [0.15, 0.2) is 504 Å². The van der Waals surface area contributed by atoms with Gasteiger partial charge in [-0.15, -0.1) is 0 Å². The van der Waals surface area contributed by atoms with Gasteiger partial charge in [0.15, 0.2) is 0 Å². The lowest BCUT2D eigenvalue weighted by Crippen LogP contribution is -2.10. The number of para-hydroxylation sites is 11. The average Bonchev–Trinajstić information content (AvgIpc) is 0.791. The highest BCUT2D eigenvalue weighted by atomic mass is 15.2. The topological polar surface area (TPSA) is 45.8 Å². The molecule has 0 fully saturated rings. The minimum atomic E-state index is 1.11. The zero-order chi connectivity index (χ0) is 75.8. The number of fused-ring (bicyclic) bond motifs is 4. The Morgan fingerprint density at radius 3 is 0.786 bits per heavy atom.